The van der Waals surface area contributed by atoms with Gasteiger partial charge in [0.25, 0.3) is 0 Å². The molecule has 64 valence electrons. The molecule has 0 heterocycles. The summed E-state index contributed by atoms with van der Waals surface area (Å²) in [4.78, 5) is 14.3. The van der Waals surface area contributed by atoms with Gasteiger partial charge in [0, 0.05) is 0 Å². The maximum Gasteiger partial charge on any atom is 0.314 e. The topological polar surface area (TPSA) is 98.0 Å². The highest BCUT2D eigenvalue weighted by molar-refractivity contribution is 7.30. The van der Waals surface area contributed by atoms with Gasteiger partial charge < -0.3 is 20.0 Å². The largest absolute Gasteiger partial charge is 0.366 e. The Balaban J connectivity index is 0. The molecule has 0 aromatic heterocycles. The lowest BCUT2D eigenvalue weighted by atomic mass is 10.3. The van der Waals surface area contributed by atoms with Crippen LogP contribution >= 0.6 is 8.25 Å². The zero-order valence-electron chi connectivity index (χ0n) is 5.90. The first-order chi connectivity index (χ1) is 4.29. The Morgan fingerprint density at radius 1 is 1.40 bits per heavy atom. The van der Waals surface area contributed by atoms with E-state index in [4.69, 9.17) is 24.6 Å². The number of hydrogen-bond donors (Lipinski definition) is 4. The van der Waals surface area contributed by atoms with Crippen molar-refractivity contribution < 1.29 is 24.6 Å². The number of rotatable bonds is 1. The summed E-state index contributed by atoms with van der Waals surface area (Å²) in [5.74, 6) is -1.46. The molecule has 0 aliphatic rings. The molecule has 0 aliphatic carbocycles. The molecule has 0 bridgehead atoms. The molecule has 6 heteroatoms. The maximum absolute atomic E-state index is 8.74. The molecule has 5 nitrogen and oxygen atoms in total. The van der Waals surface area contributed by atoms with Crippen LogP contribution in [0.25, 0.3) is 0 Å². The second-order valence-electron chi connectivity index (χ2n) is 1.85. The third-order valence-electron chi connectivity index (χ3n) is 0.670. The minimum Gasteiger partial charge on any atom is -0.366 e. The van der Waals surface area contributed by atoms with Gasteiger partial charge in [0.2, 0.25) is 0 Å². The van der Waals surface area contributed by atoms with Crippen LogP contribution in [0.1, 0.15) is 20.3 Å². The first-order valence-corrected chi connectivity index (χ1v) is 3.96. The number of aliphatic hydroxyl groups is 2. The van der Waals surface area contributed by atoms with Crippen LogP contribution in [0.5, 0.6) is 0 Å². The summed E-state index contributed by atoms with van der Waals surface area (Å²) in [6.07, 6.45) is 0.382. The molecule has 0 amide bonds. The SMILES string of the molecule is CCC(C)(O)O.O=[PH](O)O. The monoisotopic (exact) mass is 172 g/mol. The van der Waals surface area contributed by atoms with Gasteiger partial charge in [0.15, 0.2) is 5.79 Å². The summed E-state index contributed by atoms with van der Waals surface area (Å²) in [7, 11) is -3.13. The Morgan fingerprint density at radius 2 is 1.50 bits per heavy atom. The predicted molar refractivity (Wildman–Crippen MR) is 36.6 cm³/mol. The molecule has 0 radical (unpaired) electrons. The second-order valence-corrected chi connectivity index (χ2v) is 2.42. The van der Waals surface area contributed by atoms with E-state index in [0.717, 1.165) is 0 Å². The normalized spacial score (nSPS) is 10.7. The summed E-state index contributed by atoms with van der Waals surface area (Å²) in [6.45, 7) is 3.06. The minimum atomic E-state index is -3.13. The Hall–Kier alpha value is 0.0700. The molecule has 0 atom stereocenters. The summed E-state index contributed by atoms with van der Waals surface area (Å²) < 4.78 is 8.74. The highest BCUT2D eigenvalue weighted by Gasteiger charge is 2.08. The van der Waals surface area contributed by atoms with Crippen molar-refractivity contribution in [3.63, 3.8) is 0 Å². The highest BCUT2D eigenvalue weighted by atomic mass is 31.1. The molecule has 0 fully saturated rings. The van der Waals surface area contributed by atoms with Gasteiger partial charge in [-0.3, -0.25) is 4.57 Å². The van der Waals surface area contributed by atoms with E-state index in [1.807, 2.05) is 0 Å². The lowest BCUT2D eigenvalue weighted by molar-refractivity contribution is -0.145. The Morgan fingerprint density at radius 3 is 1.50 bits per heavy atom. The molecule has 0 unspecified atom stereocenters. The van der Waals surface area contributed by atoms with E-state index < -0.39 is 14.0 Å². The van der Waals surface area contributed by atoms with Crippen molar-refractivity contribution in [1.82, 2.24) is 0 Å². The molecule has 0 spiro atoms. The van der Waals surface area contributed by atoms with E-state index >= 15 is 0 Å². The lowest BCUT2D eigenvalue weighted by Gasteiger charge is -2.10. The van der Waals surface area contributed by atoms with Crippen molar-refractivity contribution in [1.29, 1.82) is 0 Å². The Kier molecular flexibility index (Phi) is 7.41. The van der Waals surface area contributed by atoms with Crippen molar-refractivity contribution in [3.8, 4) is 0 Å². The lowest BCUT2D eigenvalue weighted by Crippen LogP contribution is -2.20. The van der Waals surface area contributed by atoms with Crippen molar-refractivity contribution >= 4 is 8.25 Å². The van der Waals surface area contributed by atoms with Crippen molar-refractivity contribution in [2.75, 3.05) is 0 Å². The third-order valence-corrected chi connectivity index (χ3v) is 0.670. The van der Waals surface area contributed by atoms with Crippen LogP contribution in [0.3, 0.4) is 0 Å². The van der Waals surface area contributed by atoms with Crippen LogP contribution < -0.4 is 0 Å². The smallest absolute Gasteiger partial charge is 0.314 e. The van der Waals surface area contributed by atoms with Crippen LogP contribution in [0.2, 0.25) is 0 Å². The van der Waals surface area contributed by atoms with Crippen LogP contribution in [0, 0.1) is 0 Å². The molecular formula is C4H13O5P. The van der Waals surface area contributed by atoms with Crippen molar-refractivity contribution in [2.24, 2.45) is 0 Å². The molecule has 10 heavy (non-hydrogen) atoms. The fraction of sp³-hybridized carbons (Fsp3) is 1.00. The van der Waals surface area contributed by atoms with Crippen molar-refractivity contribution in [2.45, 2.75) is 26.1 Å². The van der Waals surface area contributed by atoms with E-state index in [9.17, 15) is 0 Å². The van der Waals surface area contributed by atoms with Gasteiger partial charge in [0.05, 0.1) is 0 Å². The van der Waals surface area contributed by atoms with Crippen LogP contribution in [0.4, 0.5) is 0 Å². The molecule has 0 aromatic carbocycles. The van der Waals surface area contributed by atoms with Gasteiger partial charge in [-0.2, -0.15) is 0 Å². The third kappa shape index (κ3) is 42.8. The van der Waals surface area contributed by atoms with Gasteiger partial charge in [-0.25, -0.2) is 0 Å². The summed E-state index contributed by atoms with van der Waals surface area (Å²) in [6, 6.07) is 0. The highest BCUT2D eigenvalue weighted by Crippen LogP contribution is 1.99. The molecule has 0 saturated heterocycles. The van der Waals surface area contributed by atoms with Gasteiger partial charge in [-0.1, -0.05) is 6.92 Å². The molecule has 4 N–H and O–H groups in total. The fourth-order valence-corrected chi connectivity index (χ4v) is 0. The molecule has 0 aliphatic heterocycles. The Bertz CT molecular complexity index is 92.3. The molecule has 0 aromatic rings. The maximum atomic E-state index is 8.74. The zero-order chi connectivity index (χ0) is 8.78. The van der Waals surface area contributed by atoms with Gasteiger partial charge in [0.1, 0.15) is 0 Å². The van der Waals surface area contributed by atoms with E-state index in [0.29, 0.717) is 6.42 Å². The predicted octanol–water partition coefficient (Wildman–Crippen LogP) is -0.542. The quantitative estimate of drug-likeness (QED) is 0.314. The van der Waals surface area contributed by atoms with Gasteiger partial charge in [-0.05, 0) is 13.3 Å². The standard InChI is InChI=1S/C4H10O2.H3O3P/c1-3-4(2,5)6;1-4(2)3/h5-6H,3H2,1-2H3;4H,(H2,1,2,3). The van der Waals surface area contributed by atoms with E-state index in [1.165, 1.54) is 6.92 Å². The average molecular weight is 172 g/mol. The van der Waals surface area contributed by atoms with Crippen LogP contribution in [0.15, 0.2) is 0 Å². The van der Waals surface area contributed by atoms with Crippen LogP contribution in [-0.2, 0) is 4.57 Å². The zero-order valence-corrected chi connectivity index (χ0v) is 6.90. The summed E-state index contributed by atoms with van der Waals surface area (Å²) in [5.41, 5.74) is 0. The first kappa shape index (κ1) is 12.7. The minimum absolute atomic E-state index is 0.382. The van der Waals surface area contributed by atoms with E-state index in [-0.39, 0.29) is 0 Å². The van der Waals surface area contributed by atoms with E-state index in [2.05, 4.69) is 0 Å². The molecule has 0 saturated carbocycles. The first-order valence-electron chi connectivity index (χ1n) is 2.66. The second kappa shape index (κ2) is 5.82. The number of hydrogen-bond acceptors (Lipinski definition) is 3. The molecule has 0 rings (SSSR count). The van der Waals surface area contributed by atoms with Gasteiger partial charge in [-0.15, -0.1) is 0 Å². The summed E-state index contributed by atoms with van der Waals surface area (Å²) in [5, 5.41) is 16.8. The fourth-order valence-electron chi connectivity index (χ4n) is 0. The van der Waals surface area contributed by atoms with E-state index in [1.54, 1.807) is 6.92 Å². The Labute approximate surface area is 59.9 Å². The van der Waals surface area contributed by atoms with Crippen LogP contribution in [-0.4, -0.2) is 25.8 Å². The van der Waals surface area contributed by atoms with Crippen molar-refractivity contribution in [3.05, 3.63) is 0 Å². The molecular weight excluding hydrogens is 159 g/mol. The summed E-state index contributed by atoms with van der Waals surface area (Å²) >= 11 is 0. The van der Waals surface area contributed by atoms with Gasteiger partial charge >= 0.3 is 8.25 Å². The average Bonchev–Trinajstić information content (AvgIpc) is 1.63.